The third-order valence-corrected chi connectivity index (χ3v) is 3.14. The maximum absolute atomic E-state index is 12.1. The number of rotatable bonds is 7. The zero-order valence-corrected chi connectivity index (χ0v) is 13.6. The first kappa shape index (κ1) is 18.5. The summed E-state index contributed by atoms with van der Waals surface area (Å²) in [4.78, 5) is 35.0. The Morgan fingerprint density at radius 1 is 1.13 bits per heavy atom. The lowest BCUT2D eigenvalue weighted by atomic mass is 10.0. The van der Waals surface area contributed by atoms with Gasteiger partial charge in [-0.1, -0.05) is 44.2 Å². The van der Waals surface area contributed by atoms with Gasteiger partial charge in [0.1, 0.15) is 12.6 Å². The molecule has 1 atom stereocenters. The van der Waals surface area contributed by atoms with Crippen molar-refractivity contribution in [2.24, 2.45) is 5.92 Å². The molecular formula is C16H23N3O4. The van der Waals surface area contributed by atoms with Crippen LogP contribution in [-0.2, 0) is 20.9 Å². The van der Waals surface area contributed by atoms with E-state index < -0.39 is 18.0 Å². The van der Waals surface area contributed by atoms with Crippen LogP contribution in [0.3, 0.4) is 0 Å². The summed E-state index contributed by atoms with van der Waals surface area (Å²) in [6.45, 7) is 3.57. The molecule has 0 radical (unpaired) electrons. The van der Waals surface area contributed by atoms with E-state index in [-0.39, 0.29) is 25.0 Å². The number of hydrogen-bond donors (Lipinski definition) is 3. The summed E-state index contributed by atoms with van der Waals surface area (Å²) in [5, 5.41) is 7.40. The number of nitrogens with one attached hydrogen (secondary N) is 3. The predicted molar refractivity (Wildman–Crippen MR) is 85.5 cm³/mol. The number of benzene rings is 1. The van der Waals surface area contributed by atoms with Crippen molar-refractivity contribution in [1.29, 1.82) is 0 Å². The van der Waals surface area contributed by atoms with Gasteiger partial charge < -0.3 is 20.7 Å². The van der Waals surface area contributed by atoms with Gasteiger partial charge in [0.05, 0.1) is 6.54 Å². The Morgan fingerprint density at radius 3 is 2.35 bits per heavy atom. The molecule has 0 aliphatic carbocycles. The molecule has 0 saturated heterocycles. The van der Waals surface area contributed by atoms with Gasteiger partial charge in [-0.3, -0.25) is 9.59 Å². The number of carbonyl (C=O) groups is 3. The highest BCUT2D eigenvalue weighted by atomic mass is 16.5. The van der Waals surface area contributed by atoms with Gasteiger partial charge in [-0.2, -0.15) is 0 Å². The van der Waals surface area contributed by atoms with Gasteiger partial charge in [0.2, 0.25) is 11.8 Å². The van der Waals surface area contributed by atoms with Crippen molar-refractivity contribution in [2.75, 3.05) is 13.6 Å². The number of hydrogen-bond acceptors (Lipinski definition) is 4. The summed E-state index contributed by atoms with van der Waals surface area (Å²) in [5.74, 6) is -0.892. The van der Waals surface area contributed by atoms with E-state index >= 15 is 0 Å². The molecule has 0 spiro atoms. The second kappa shape index (κ2) is 9.45. The van der Waals surface area contributed by atoms with Crippen molar-refractivity contribution in [2.45, 2.75) is 26.5 Å². The SMILES string of the molecule is CNC(=O)CNC(=O)[C@@H](NC(=O)OCc1ccccc1)C(C)C. The maximum Gasteiger partial charge on any atom is 0.408 e. The van der Waals surface area contributed by atoms with Crippen LogP contribution in [0.5, 0.6) is 0 Å². The summed E-state index contributed by atoms with van der Waals surface area (Å²) in [6.07, 6.45) is -0.678. The van der Waals surface area contributed by atoms with Crippen molar-refractivity contribution in [3.8, 4) is 0 Å². The molecule has 0 aliphatic rings. The molecule has 0 saturated carbocycles. The van der Waals surface area contributed by atoms with Crippen LogP contribution in [0, 0.1) is 5.92 Å². The number of likely N-dealkylation sites (N-methyl/N-ethyl adjacent to an activating group) is 1. The third kappa shape index (κ3) is 6.82. The minimum absolute atomic E-state index is 0.122. The van der Waals surface area contributed by atoms with E-state index in [1.807, 2.05) is 30.3 Å². The normalized spacial score (nSPS) is 11.5. The van der Waals surface area contributed by atoms with Crippen molar-refractivity contribution in [1.82, 2.24) is 16.0 Å². The van der Waals surface area contributed by atoms with Crippen molar-refractivity contribution >= 4 is 17.9 Å². The number of ether oxygens (including phenoxy) is 1. The van der Waals surface area contributed by atoms with Gasteiger partial charge in [0.15, 0.2) is 0 Å². The number of alkyl carbamates (subject to hydrolysis) is 1. The number of carbonyl (C=O) groups excluding carboxylic acids is 3. The average Bonchev–Trinajstić information content (AvgIpc) is 2.55. The minimum Gasteiger partial charge on any atom is -0.445 e. The molecule has 126 valence electrons. The summed E-state index contributed by atoms with van der Waals surface area (Å²) in [7, 11) is 1.48. The molecule has 0 bridgehead atoms. The summed E-state index contributed by atoms with van der Waals surface area (Å²) >= 11 is 0. The van der Waals surface area contributed by atoms with E-state index in [1.54, 1.807) is 13.8 Å². The molecule has 23 heavy (non-hydrogen) atoms. The van der Waals surface area contributed by atoms with E-state index in [0.717, 1.165) is 5.56 Å². The van der Waals surface area contributed by atoms with Crippen LogP contribution in [0.1, 0.15) is 19.4 Å². The highest BCUT2D eigenvalue weighted by Gasteiger charge is 2.25. The molecular weight excluding hydrogens is 298 g/mol. The van der Waals surface area contributed by atoms with Crippen LogP contribution in [0.15, 0.2) is 30.3 Å². The zero-order valence-electron chi connectivity index (χ0n) is 13.6. The fourth-order valence-corrected chi connectivity index (χ4v) is 1.79. The molecule has 0 fully saturated rings. The summed E-state index contributed by atoms with van der Waals surface area (Å²) < 4.78 is 5.10. The van der Waals surface area contributed by atoms with Gasteiger partial charge in [-0.25, -0.2) is 4.79 Å². The van der Waals surface area contributed by atoms with Gasteiger partial charge >= 0.3 is 6.09 Å². The molecule has 0 aromatic heterocycles. The second-order valence-corrected chi connectivity index (χ2v) is 5.32. The minimum atomic E-state index is -0.775. The Balaban J connectivity index is 2.49. The lowest BCUT2D eigenvalue weighted by molar-refractivity contribution is -0.127. The largest absolute Gasteiger partial charge is 0.445 e. The van der Waals surface area contributed by atoms with Crippen molar-refractivity contribution < 1.29 is 19.1 Å². The smallest absolute Gasteiger partial charge is 0.408 e. The monoisotopic (exact) mass is 321 g/mol. The summed E-state index contributed by atoms with van der Waals surface area (Å²) in [6, 6.07) is 8.46. The molecule has 7 heteroatoms. The van der Waals surface area contributed by atoms with Gasteiger partial charge in [0, 0.05) is 7.05 Å². The topological polar surface area (TPSA) is 96.5 Å². The van der Waals surface area contributed by atoms with E-state index in [1.165, 1.54) is 7.05 Å². The van der Waals surface area contributed by atoms with E-state index in [0.29, 0.717) is 0 Å². The molecule has 0 heterocycles. The van der Waals surface area contributed by atoms with Crippen molar-refractivity contribution in [3.63, 3.8) is 0 Å². The Labute approximate surface area is 135 Å². The Hall–Kier alpha value is -2.57. The standard InChI is InChI=1S/C16H23N3O4/c1-11(2)14(15(21)18-9-13(20)17-3)19-16(22)23-10-12-7-5-4-6-8-12/h4-8,11,14H,9-10H2,1-3H3,(H,17,20)(H,18,21)(H,19,22)/t14-/m0/s1. The Morgan fingerprint density at radius 2 is 1.78 bits per heavy atom. The van der Waals surface area contributed by atoms with Crippen LogP contribution in [0.25, 0.3) is 0 Å². The first-order valence-electron chi connectivity index (χ1n) is 7.39. The van der Waals surface area contributed by atoms with Gasteiger partial charge in [-0.15, -0.1) is 0 Å². The molecule has 1 rings (SSSR count). The first-order valence-corrected chi connectivity index (χ1v) is 7.39. The highest BCUT2D eigenvalue weighted by molar-refractivity contribution is 5.89. The number of amides is 3. The van der Waals surface area contributed by atoms with E-state index in [2.05, 4.69) is 16.0 Å². The van der Waals surface area contributed by atoms with E-state index in [9.17, 15) is 14.4 Å². The lowest BCUT2D eigenvalue weighted by Crippen LogP contribution is -2.51. The average molecular weight is 321 g/mol. The quantitative estimate of drug-likeness (QED) is 0.692. The highest BCUT2D eigenvalue weighted by Crippen LogP contribution is 2.04. The molecule has 3 amide bonds. The van der Waals surface area contributed by atoms with Crippen LogP contribution < -0.4 is 16.0 Å². The fourth-order valence-electron chi connectivity index (χ4n) is 1.79. The van der Waals surface area contributed by atoms with Gasteiger partial charge in [-0.05, 0) is 11.5 Å². The molecule has 1 aromatic rings. The third-order valence-electron chi connectivity index (χ3n) is 3.14. The van der Waals surface area contributed by atoms with Crippen LogP contribution in [-0.4, -0.2) is 37.5 Å². The first-order chi connectivity index (χ1) is 10.9. The molecule has 0 aliphatic heterocycles. The lowest BCUT2D eigenvalue weighted by Gasteiger charge is -2.21. The predicted octanol–water partition coefficient (Wildman–Crippen LogP) is 0.800. The Kier molecular flexibility index (Phi) is 7.59. The molecule has 1 aromatic carbocycles. The molecule has 7 nitrogen and oxygen atoms in total. The molecule has 0 unspecified atom stereocenters. The maximum atomic E-state index is 12.1. The van der Waals surface area contributed by atoms with Crippen molar-refractivity contribution in [3.05, 3.63) is 35.9 Å². The Bertz CT molecular complexity index is 531. The second-order valence-electron chi connectivity index (χ2n) is 5.32. The zero-order chi connectivity index (χ0) is 17.2. The van der Waals surface area contributed by atoms with Gasteiger partial charge in [0.25, 0.3) is 0 Å². The van der Waals surface area contributed by atoms with Crippen LogP contribution in [0.2, 0.25) is 0 Å². The summed E-state index contributed by atoms with van der Waals surface area (Å²) in [5.41, 5.74) is 0.854. The molecule has 3 N–H and O–H groups in total. The fraction of sp³-hybridized carbons (Fsp3) is 0.438. The van der Waals surface area contributed by atoms with Crippen LogP contribution in [0.4, 0.5) is 4.79 Å². The van der Waals surface area contributed by atoms with E-state index in [4.69, 9.17) is 4.74 Å². The van der Waals surface area contributed by atoms with Crippen LogP contribution >= 0.6 is 0 Å².